The Hall–Kier alpha value is -2.03. The zero-order valence-electron chi connectivity index (χ0n) is 12.7. The van der Waals surface area contributed by atoms with E-state index in [1.54, 1.807) is 24.3 Å². The van der Waals surface area contributed by atoms with Gasteiger partial charge in [0.2, 0.25) is 0 Å². The van der Waals surface area contributed by atoms with E-state index in [4.69, 9.17) is 11.1 Å². The number of nitrogen functional groups attached to an aromatic ring is 1. The Bertz CT molecular complexity index is 1030. The Morgan fingerprint density at radius 3 is 2.54 bits per heavy atom. The van der Waals surface area contributed by atoms with Crippen molar-refractivity contribution in [2.75, 3.05) is 11.0 Å². The summed E-state index contributed by atoms with van der Waals surface area (Å²) < 4.78 is 28.8. The largest absolute Gasteiger partial charge is 0.383 e. The molecule has 1 aromatic heterocycles. The number of hydrogen-bond donors (Lipinski definition) is 3. The first-order chi connectivity index (χ1) is 11.4. The van der Waals surface area contributed by atoms with E-state index in [1.807, 2.05) is 30.5 Å². The van der Waals surface area contributed by atoms with Gasteiger partial charge in [0.05, 0.1) is 19.7 Å². The van der Waals surface area contributed by atoms with Crippen LogP contribution in [0.2, 0.25) is 0 Å². The first-order valence-electron chi connectivity index (χ1n) is 6.94. The third kappa shape index (κ3) is 3.26. The maximum Gasteiger partial charge on any atom is 0.261 e. The van der Waals surface area contributed by atoms with Crippen LogP contribution in [0.3, 0.4) is 0 Å². The number of thiophene rings is 1. The molecular formula is C16H15N3O2S3. The Labute approximate surface area is 148 Å². The van der Waals surface area contributed by atoms with E-state index in [0.29, 0.717) is 10.6 Å². The summed E-state index contributed by atoms with van der Waals surface area (Å²) >= 11 is 2.70. The lowest BCUT2D eigenvalue weighted by molar-refractivity contribution is 0.601. The van der Waals surface area contributed by atoms with Gasteiger partial charge in [0, 0.05) is 0 Å². The highest BCUT2D eigenvalue weighted by Crippen LogP contribution is 2.36. The second-order valence-electron chi connectivity index (χ2n) is 5.04. The van der Waals surface area contributed by atoms with E-state index in [2.05, 4.69) is 4.72 Å². The Balaban J connectivity index is 1.99. The molecule has 0 spiro atoms. The Morgan fingerprint density at radius 1 is 1.17 bits per heavy atom. The topological polar surface area (TPSA) is 96.0 Å². The van der Waals surface area contributed by atoms with Crippen LogP contribution in [0.15, 0.2) is 57.6 Å². The molecule has 24 heavy (non-hydrogen) atoms. The molecule has 8 heteroatoms. The molecule has 0 radical (unpaired) electrons. The molecule has 0 aliphatic rings. The molecule has 0 saturated heterocycles. The number of nitrogens with one attached hydrogen (secondary N) is 2. The van der Waals surface area contributed by atoms with Gasteiger partial charge in [0.25, 0.3) is 10.0 Å². The first kappa shape index (κ1) is 16.8. The number of amidine groups is 1. The van der Waals surface area contributed by atoms with Gasteiger partial charge in [-0.3, -0.25) is 10.1 Å². The van der Waals surface area contributed by atoms with E-state index in [-0.39, 0.29) is 10.7 Å². The molecule has 0 atom stereocenters. The predicted molar refractivity (Wildman–Crippen MR) is 102 cm³/mol. The number of anilines is 1. The summed E-state index contributed by atoms with van der Waals surface area (Å²) in [6.45, 7) is 0. The maximum atomic E-state index is 12.7. The molecule has 1 heterocycles. The fraction of sp³-hybridized carbons (Fsp3) is 0.0625. The Morgan fingerprint density at radius 2 is 1.88 bits per heavy atom. The summed E-state index contributed by atoms with van der Waals surface area (Å²) in [6, 6.07) is 14.2. The average molecular weight is 378 g/mol. The van der Waals surface area contributed by atoms with E-state index in [1.165, 1.54) is 23.1 Å². The van der Waals surface area contributed by atoms with Crippen molar-refractivity contribution in [2.24, 2.45) is 5.73 Å². The van der Waals surface area contributed by atoms with Crippen molar-refractivity contribution in [3.05, 3.63) is 53.4 Å². The SMILES string of the molecule is CSc1sc(C(=N)N)cc1NS(=O)(=O)c1ccc2ccccc2c1. The third-order valence-corrected chi connectivity index (χ3v) is 7.09. The van der Waals surface area contributed by atoms with Gasteiger partial charge in [-0.1, -0.05) is 30.3 Å². The van der Waals surface area contributed by atoms with E-state index < -0.39 is 10.0 Å². The van der Waals surface area contributed by atoms with Crippen molar-refractivity contribution < 1.29 is 8.42 Å². The van der Waals surface area contributed by atoms with Crippen LogP contribution in [0.1, 0.15) is 4.88 Å². The molecule has 0 fully saturated rings. The lowest BCUT2D eigenvalue weighted by Crippen LogP contribution is -2.13. The van der Waals surface area contributed by atoms with Crippen LogP contribution in [0.4, 0.5) is 5.69 Å². The lowest BCUT2D eigenvalue weighted by atomic mass is 10.1. The lowest BCUT2D eigenvalue weighted by Gasteiger charge is -2.09. The summed E-state index contributed by atoms with van der Waals surface area (Å²) in [6.07, 6.45) is 1.85. The highest BCUT2D eigenvalue weighted by molar-refractivity contribution is 8.00. The van der Waals surface area contributed by atoms with Crippen molar-refractivity contribution in [1.29, 1.82) is 5.41 Å². The molecule has 0 aliphatic heterocycles. The molecule has 0 bridgehead atoms. The molecule has 3 rings (SSSR count). The zero-order valence-corrected chi connectivity index (χ0v) is 15.2. The fourth-order valence-corrected chi connectivity index (χ4v) is 5.13. The minimum Gasteiger partial charge on any atom is -0.383 e. The number of rotatable bonds is 5. The monoisotopic (exact) mass is 377 g/mol. The van der Waals surface area contributed by atoms with Crippen LogP contribution in [0.25, 0.3) is 10.8 Å². The van der Waals surface area contributed by atoms with Crippen LogP contribution < -0.4 is 10.5 Å². The van der Waals surface area contributed by atoms with Crippen LogP contribution >= 0.6 is 23.1 Å². The summed E-state index contributed by atoms with van der Waals surface area (Å²) in [5, 5.41) is 9.35. The fourth-order valence-electron chi connectivity index (χ4n) is 2.27. The molecular weight excluding hydrogens is 362 g/mol. The number of sulfonamides is 1. The highest BCUT2D eigenvalue weighted by Gasteiger charge is 2.19. The van der Waals surface area contributed by atoms with Gasteiger partial charge in [-0.2, -0.15) is 0 Å². The molecule has 124 valence electrons. The third-order valence-electron chi connectivity index (χ3n) is 3.42. The smallest absolute Gasteiger partial charge is 0.261 e. The van der Waals surface area contributed by atoms with Gasteiger partial charge in [-0.05, 0) is 35.2 Å². The van der Waals surface area contributed by atoms with Gasteiger partial charge >= 0.3 is 0 Å². The van der Waals surface area contributed by atoms with Crippen LogP contribution in [0, 0.1) is 5.41 Å². The van der Waals surface area contributed by atoms with Gasteiger partial charge in [-0.25, -0.2) is 8.42 Å². The molecule has 2 aromatic carbocycles. The number of hydrogen-bond acceptors (Lipinski definition) is 5. The minimum atomic E-state index is -3.72. The molecule has 3 aromatic rings. The molecule has 5 nitrogen and oxygen atoms in total. The summed E-state index contributed by atoms with van der Waals surface area (Å²) in [7, 11) is -3.72. The van der Waals surface area contributed by atoms with Gasteiger partial charge < -0.3 is 5.73 Å². The summed E-state index contributed by atoms with van der Waals surface area (Å²) in [5.41, 5.74) is 5.94. The zero-order chi connectivity index (χ0) is 17.3. The van der Waals surface area contributed by atoms with Gasteiger partial charge in [-0.15, -0.1) is 23.1 Å². The van der Waals surface area contributed by atoms with Gasteiger partial charge in [0.15, 0.2) is 0 Å². The van der Waals surface area contributed by atoms with Crippen molar-refractivity contribution in [3.63, 3.8) is 0 Å². The number of benzene rings is 2. The van der Waals surface area contributed by atoms with Crippen LogP contribution in [-0.4, -0.2) is 20.5 Å². The minimum absolute atomic E-state index is 0.0774. The molecule has 0 saturated carbocycles. The molecule has 0 amide bonds. The molecule has 4 N–H and O–H groups in total. The second kappa shape index (κ2) is 6.46. The Kier molecular flexibility index (Phi) is 4.53. The van der Waals surface area contributed by atoms with E-state index in [9.17, 15) is 8.42 Å². The van der Waals surface area contributed by atoms with Crippen LogP contribution in [0.5, 0.6) is 0 Å². The van der Waals surface area contributed by atoms with Crippen LogP contribution in [-0.2, 0) is 10.0 Å². The summed E-state index contributed by atoms with van der Waals surface area (Å²) in [4.78, 5) is 0.736. The summed E-state index contributed by atoms with van der Waals surface area (Å²) in [5.74, 6) is -0.0774. The molecule has 0 unspecified atom stereocenters. The average Bonchev–Trinajstić information content (AvgIpc) is 2.97. The van der Waals surface area contributed by atoms with E-state index in [0.717, 1.165) is 15.0 Å². The number of nitrogens with two attached hydrogens (primary N) is 1. The maximum absolute atomic E-state index is 12.7. The normalized spacial score (nSPS) is 11.5. The predicted octanol–water partition coefficient (Wildman–Crippen LogP) is 3.71. The number of thioether (sulfide) groups is 1. The first-order valence-corrected chi connectivity index (χ1v) is 10.5. The van der Waals surface area contributed by atoms with E-state index >= 15 is 0 Å². The van der Waals surface area contributed by atoms with Crippen molar-refractivity contribution in [1.82, 2.24) is 0 Å². The standard InChI is InChI=1S/C16H15N3O2S3/c1-22-16-13(9-14(23-16)15(17)18)19-24(20,21)12-7-6-10-4-2-3-5-11(10)8-12/h2-9,19H,1H3,(H3,17,18). The molecule has 0 aliphatic carbocycles. The quantitative estimate of drug-likeness (QED) is 0.359. The number of fused-ring (bicyclic) bond motifs is 1. The van der Waals surface area contributed by atoms with Crippen molar-refractivity contribution in [3.8, 4) is 0 Å². The highest BCUT2D eigenvalue weighted by atomic mass is 32.2. The second-order valence-corrected chi connectivity index (χ2v) is 8.85. The van der Waals surface area contributed by atoms with Crippen molar-refractivity contribution >= 4 is 55.4 Å². The van der Waals surface area contributed by atoms with Crippen molar-refractivity contribution in [2.45, 2.75) is 9.10 Å². The van der Waals surface area contributed by atoms with Gasteiger partial charge in [0.1, 0.15) is 5.84 Å².